The molecular formula is C15H16N2O4S2. The van der Waals surface area contributed by atoms with Crippen LogP contribution in [0.5, 0.6) is 11.5 Å². The van der Waals surface area contributed by atoms with Gasteiger partial charge in [0, 0.05) is 6.92 Å². The molecule has 2 rings (SSSR count). The van der Waals surface area contributed by atoms with Crippen molar-refractivity contribution in [3.8, 4) is 11.5 Å². The lowest BCUT2D eigenvalue weighted by atomic mass is 10.2. The number of benzene rings is 1. The van der Waals surface area contributed by atoms with Crippen LogP contribution in [0.3, 0.4) is 0 Å². The summed E-state index contributed by atoms with van der Waals surface area (Å²) in [4.78, 5) is 23.8. The second kappa shape index (κ2) is 7.47. The molecule has 1 aliphatic heterocycles. The van der Waals surface area contributed by atoms with Crippen LogP contribution in [-0.2, 0) is 9.59 Å². The number of thioether (sulfide) groups is 1. The highest BCUT2D eigenvalue weighted by atomic mass is 32.2. The highest BCUT2D eigenvalue weighted by Crippen LogP contribution is 2.34. The Hall–Kier alpha value is -2.06. The summed E-state index contributed by atoms with van der Waals surface area (Å²) in [5.41, 5.74) is 3.18. The minimum atomic E-state index is -0.357. The maximum Gasteiger partial charge on any atom is 0.285 e. The number of carbonyl (C=O) groups excluding carboxylic acids is 2. The number of ether oxygens (including phenoxy) is 2. The number of thiocarbonyl (C=S) groups is 1. The summed E-state index contributed by atoms with van der Waals surface area (Å²) in [5, 5.41) is 1.07. The topological polar surface area (TPSA) is 67.9 Å². The van der Waals surface area contributed by atoms with Crippen LogP contribution in [-0.4, -0.2) is 34.9 Å². The highest BCUT2D eigenvalue weighted by molar-refractivity contribution is 8.26. The maximum absolute atomic E-state index is 12.3. The molecule has 1 fully saturated rings. The number of hydrogen-bond acceptors (Lipinski definition) is 6. The molecule has 0 bridgehead atoms. The summed E-state index contributed by atoms with van der Waals surface area (Å²) >= 11 is 6.23. The Labute approximate surface area is 143 Å². The molecule has 0 radical (unpaired) electrons. The Morgan fingerprint density at radius 1 is 1.43 bits per heavy atom. The van der Waals surface area contributed by atoms with Crippen LogP contribution < -0.4 is 14.9 Å². The van der Waals surface area contributed by atoms with Gasteiger partial charge in [-0.2, -0.15) is 5.01 Å². The van der Waals surface area contributed by atoms with Crippen molar-refractivity contribution in [2.24, 2.45) is 0 Å². The molecule has 122 valence electrons. The summed E-state index contributed by atoms with van der Waals surface area (Å²) in [6, 6.07) is 5.37. The third-order valence-corrected chi connectivity index (χ3v) is 4.15. The van der Waals surface area contributed by atoms with Crippen LogP contribution in [0.4, 0.5) is 0 Å². The molecule has 0 saturated carbocycles. The molecule has 0 aromatic heterocycles. The van der Waals surface area contributed by atoms with Gasteiger partial charge >= 0.3 is 0 Å². The largest absolute Gasteiger partial charge is 0.493 e. The fourth-order valence-corrected chi connectivity index (χ4v) is 3.10. The molecule has 1 aliphatic rings. The first-order valence-electron chi connectivity index (χ1n) is 6.82. The number of nitrogens with one attached hydrogen (secondary N) is 1. The van der Waals surface area contributed by atoms with Crippen LogP contribution in [0.1, 0.15) is 19.4 Å². The number of carbonyl (C=O) groups is 2. The molecule has 1 N–H and O–H groups in total. The quantitative estimate of drug-likeness (QED) is 0.648. The lowest BCUT2D eigenvalue weighted by molar-refractivity contribution is -0.131. The smallest absolute Gasteiger partial charge is 0.285 e. The monoisotopic (exact) mass is 352 g/mol. The first-order chi connectivity index (χ1) is 11.0. The van der Waals surface area contributed by atoms with Crippen molar-refractivity contribution in [2.45, 2.75) is 13.8 Å². The third-order valence-electron chi connectivity index (χ3n) is 2.85. The van der Waals surface area contributed by atoms with E-state index in [9.17, 15) is 9.59 Å². The van der Waals surface area contributed by atoms with E-state index < -0.39 is 0 Å². The maximum atomic E-state index is 12.3. The standard InChI is InChI=1S/C15H16N2O4S2/c1-4-21-12-7-10(5-6-11(12)20-3)8-13-14(19)17(15(22)23-13)16-9(2)18/h5-8H,4H2,1-3H3,(H,16,18). The van der Waals surface area contributed by atoms with Gasteiger partial charge < -0.3 is 9.47 Å². The summed E-state index contributed by atoms with van der Waals surface area (Å²) in [5.74, 6) is 0.505. The van der Waals surface area contributed by atoms with E-state index >= 15 is 0 Å². The number of rotatable bonds is 5. The van der Waals surface area contributed by atoms with Gasteiger partial charge in [0.2, 0.25) is 5.91 Å². The lowest BCUT2D eigenvalue weighted by Gasteiger charge is -2.13. The molecule has 2 amide bonds. The van der Waals surface area contributed by atoms with E-state index in [-0.39, 0.29) is 16.1 Å². The molecule has 1 aromatic carbocycles. The van der Waals surface area contributed by atoms with Gasteiger partial charge in [-0.1, -0.05) is 17.8 Å². The van der Waals surface area contributed by atoms with E-state index in [0.717, 1.165) is 22.3 Å². The summed E-state index contributed by atoms with van der Waals surface area (Å²) in [6.07, 6.45) is 1.70. The molecule has 0 aliphatic carbocycles. The molecule has 1 heterocycles. The second-order valence-electron chi connectivity index (χ2n) is 4.53. The van der Waals surface area contributed by atoms with Crippen LogP contribution in [0.2, 0.25) is 0 Å². The predicted octanol–water partition coefficient (Wildman–Crippen LogP) is 2.35. The zero-order chi connectivity index (χ0) is 17.0. The fraction of sp³-hybridized carbons (Fsp3) is 0.267. The highest BCUT2D eigenvalue weighted by Gasteiger charge is 2.33. The summed E-state index contributed by atoms with van der Waals surface area (Å²) < 4.78 is 11.0. The van der Waals surface area contributed by atoms with Crippen molar-refractivity contribution in [2.75, 3.05) is 13.7 Å². The van der Waals surface area contributed by atoms with Gasteiger partial charge in [0.05, 0.1) is 18.6 Å². The Balaban J connectivity index is 2.28. The predicted molar refractivity (Wildman–Crippen MR) is 93.0 cm³/mol. The van der Waals surface area contributed by atoms with E-state index in [0.29, 0.717) is 23.0 Å². The number of hydrogen-bond donors (Lipinski definition) is 1. The molecule has 0 unspecified atom stereocenters. The number of amides is 2. The van der Waals surface area contributed by atoms with E-state index in [1.165, 1.54) is 6.92 Å². The van der Waals surface area contributed by atoms with Gasteiger partial charge in [0.15, 0.2) is 15.8 Å². The van der Waals surface area contributed by atoms with Crippen molar-refractivity contribution in [3.63, 3.8) is 0 Å². The van der Waals surface area contributed by atoms with Crippen molar-refractivity contribution < 1.29 is 19.1 Å². The van der Waals surface area contributed by atoms with Gasteiger partial charge in [-0.15, -0.1) is 0 Å². The first-order valence-corrected chi connectivity index (χ1v) is 8.04. The summed E-state index contributed by atoms with van der Waals surface area (Å²) in [6.45, 7) is 3.70. The zero-order valence-corrected chi connectivity index (χ0v) is 14.5. The van der Waals surface area contributed by atoms with Crippen LogP contribution >= 0.6 is 24.0 Å². The number of hydrazine groups is 1. The Kier molecular flexibility index (Phi) is 5.62. The van der Waals surface area contributed by atoms with Crippen molar-refractivity contribution in [1.82, 2.24) is 10.4 Å². The van der Waals surface area contributed by atoms with Crippen LogP contribution in [0, 0.1) is 0 Å². The Morgan fingerprint density at radius 3 is 2.78 bits per heavy atom. The van der Waals surface area contributed by atoms with Gasteiger partial charge in [-0.3, -0.25) is 15.0 Å². The molecule has 8 heteroatoms. The number of nitrogens with zero attached hydrogens (tertiary/aromatic N) is 1. The minimum absolute atomic E-state index is 0.287. The molecule has 0 spiro atoms. The molecular weight excluding hydrogens is 336 g/mol. The SMILES string of the molecule is CCOc1cc(C=C2SC(=S)N(NC(C)=O)C2=O)ccc1OC. The molecule has 1 aromatic rings. The van der Waals surface area contributed by atoms with Gasteiger partial charge in [-0.05, 0) is 42.9 Å². The third kappa shape index (κ3) is 4.02. The Bertz CT molecular complexity index is 688. The minimum Gasteiger partial charge on any atom is -0.493 e. The first kappa shape index (κ1) is 17.3. The van der Waals surface area contributed by atoms with E-state index in [2.05, 4.69) is 5.43 Å². The van der Waals surface area contributed by atoms with Crippen LogP contribution in [0.25, 0.3) is 6.08 Å². The second-order valence-corrected chi connectivity index (χ2v) is 6.20. The van der Waals surface area contributed by atoms with E-state index in [1.807, 2.05) is 13.0 Å². The van der Waals surface area contributed by atoms with Gasteiger partial charge in [-0.25, -0.2) is 0 Å². The zero-order valence-electron chi connectivity index (χ0n) is 12.9. The van der Waals surface area contributed by atoms with Gasteiger partial charge in [0.1, 0.15) is 0 Å². The molecule has 6 nitrogen and oxygen atoms in total. The van der Waals surface area contributed by atoms with E-state index in [4.69, 9.17) is 21.7 Å². The Morgan fingerprint density at radius 2 is 2.17 bits per heavy atom. The molecule has 23 heavy (non-hydrogen) atoms. The van der Waals surface area contributed by atoms with Crippen molar-refractivity contribution >= 4 is 46.2 Å². The van der Waals surface area contributed by atoms with Crippen molar-refractivity contribution in [3.05, 3.63) is 28.7 Å². The average Bonchev–Trinajstić information content (AvgIpc) is 2.75. The lowest BCUT2D eigenvalue weighted by Crippen LogP contribution is -2.43. The average molecular weight is 352 g/mol. The number of methoxy groups -OCH3 is 1. The van der Waals surface area contributed by atoms with E-state index in [1.54, 1.807) is 25.3 Å². The normalized spacial score (nSPS) is 16.0. The van der Waals surface area contributed by atoms with Crippen LogP contribution in [0.15, 0.2) is 23.1 Å². The van der Waals surface area contributed by atoms with Gasteiger partial charge in [0.25, 0.3) is 5.91 Å². The molecule has 1 saturated heterocycles. The molecule has 0 atom stereocenters. The summed E-state index contributed by atoms with van der Waals surface area (Å²) in [7, 11) is 1.57. The fourth-order valence-electron chi connectivity index (χ4n) is 1.92. The van der Waals surface area contributed by atoms with Crippen molar-refractivity contribution in [1.29, 1.82) is 0 Å².